The molecule has 0 amide bonds. The first kappa shape index (κ1) is 10.3. The Labute approximate surface area is 84.2 Å². The van der Waals surface area contributed by atoms with Crippen LogP contribution in [0.3, 0.4) is 0 Å². The van der Waals surface area contributed by atoms with Gasteiger partial charge in [-0.25, -0.2) is 0 Å². The number of benzene rings is 1. The van der Waals surface area contributed by atoms with Gasteiger partial charge in [0.2, 0.25) is 0 Å². The van der Waals surface area contributed by atoms with Crippen LogP contribution < -0.4 is 0 Å². The zero-order chi connectivity index (χ0) is 9.68. The summed E-state index contributed by atoms with van der Waals surface area (Å²) in [6, 6.07) is 7.86. The van der Waals surface area contributed by atoms with E-state index in [0.29, 0.717) is 0 Å². The van der Waals surface area contributed by atoms with Crippen LogP contribution in [-0.2, 0) is 6.42 Å². The van der Waals surface area contributed by atoms with E-state index in [-0.39, 0.29) is 5.17 Å². The van der Waals surface area contributed by atoms with Crippen LogP contribution in [0.2, 0.25) is 0 Å². The molecule has 0 aliphatic carbocycles. The van der Waals surface area contributed by atoms with E-state index < -0.39 is 0 Å². The van der Waals surface area contributed by atoms with Crippen molar-refractivity contribution in [3.05, 3.63) is 35.4 Å². The maximum Gasteiger partial charge on any atom is 0.128 e. The minimum atomic E-state index is 0.145. The second-order valence-corrected chi connectivity index (χ2v) is 3.45. The summed E-state index contributed by atoms with van der Waals surface area (Å²) < 4.78 is 0. The molecule has 0 fully saturated rings. The highest BCUT2D eigenvalue weighted by Gasteiger charge is 2.03. The standard InChI is InChI=1S/C11H14ClN/c1-2-3-6-9-7-4-5-8-10(9)11(12)13/h4-5,7-8,13H,2-3,6H2,1H3. The first-order valence-corrected chi connectivity index (χ1v) is 4.95. The van der Waals surface area contributed by atoms with E-state index in [1.807, 2.05) is 24.3 Å². The lowest BCUT2D eigenvalue weighted by atomic mass is 10.0. The lowest BCUT2D eigenvalue weighted by Crippen LogP contribution is -1.96. The van der Waals surface area contributed by atoms with Gasteiger partial charge < -0.3 is 0 Å². The number of nitrogens with one attached hydrogen (secondary N) is 1. The first-order valence-electron chi connectivity index (χ1n) is 4.58. The highest BCUT2D eigenvalue weighted by Crippen LogP contribution is 2.13. The molecule has 1 N–H and O–H groups in total. The van der Waals surface area contributed by atoms with Crippen LogP contribution in [0.1, 0.15) is 30.9 Å². The number of aryl methyl sites for hydroxylation is 1. The Morgan fingerprint density at radius 2 is 2.08 bits per heavy atom. The molecule has 0 aliphatic rings. The Kier molecular flexibility index (Phi) is 3.97. The molecule has 0 saturated heterocycles. The molecule has 1 nitrogen and oxygen atoms in total. The maximum absolute atomic E-state index is 7.38. The second kappa shape index (κ2) is 5.03. The molecule has 0 radical (unpaired) electrons. The van der Waals surface area contributed by atoms with Crippen molar-refractivity contribution in [2.45, 2.75) is 26.2 Å². The molecule has 0 aromatic heterocycles. The Hall–Kier alpha value is -0.820. The summed E-state index contributed by atoms with van der Waals surface area (Å²) in [5, 5.41) is 7.52. The van der Waals surface area contributed by atoms with Crippen molar-refractivity contribution >= 4 is 16.8 Å². The predicted molar refractivity (Wildman–Crippen MR) is 57.7 cm³/mol. The molecule has 0 atom stereocenters. The fraction of sp³-hybridized carbons (Fsp3) is 0.364. The average Bonchev–Trinajstić information content (AvgIpc) is 2.15. The fourth-order valence-electron chi connectivity index (χ4n) is 1.32. The van der Waals surface area contributed by atoms with Gasteiger partial charge in [-0.15, -0.1) is 0 Å². The summed E-state index contributed by atoms with van der Waals surface area (Å²) in [6.07, 6.45) is 3.34. The van der Waals surface area contributed by atoms with E-state index in [1.54, 1.807) is 0 Å². The van der Waals surface area contributed by atoms with E-state index >= 15 is 0 Å². The molecule has 13 heavy (non-hydrogen) atoms. The number of hydrogen-bond donors (Lipinski definition) is 1. The van der Waals surface area contributed by atoms with Crippen molar-refractivity contribution in [3.8, 4) is 0 Å². The molecule has 0 heterocycles. The van der Waals surface area contributed by atoms with Crippen molar-refractivity contribution in [3.63, 3.8) is 0 Å². The molecule has 1 aromatic rings. The highest BCUT2D eigenvalue weighted by atomic mass is 35.5. The normalized spacial score (nSPS) is 10.0. The van der Waals surface area contributed by atoms with Gasteiger partial charge in [0.15, 0.2) is 0 Å². The van der Waals surface area contributed by atoms with Crippen molar-refractivity contribution in [1.82, 2.24) is 0 Å². The summed E-state index contributed by atoms with van der Waals surface area (Å²) in [5.74, 6) is 0. The summed E-state index contributed by atoms with van der Waals surface area (Å²) >= 11 is 5.67. The second-order valence-electron chi connectivity index (χ2n) is 3.07. The molecule has 70 valence electrons. The third kappa shape index (κ3) is 2.85. The molecule has 0 saturated carbocycles. The zero-order valence-corrected chi connectivity index (χ0v) is 8.56. The van der Waals surface area contributed by atoms with Crippen LogP contribution in [0.25, 0.3) is 0 Å². The molecule has 1 aromatic carbocycles. The number of unbranched alkanes of at least 4 members (excludes halogenated alkanes) is 1. The van der Waals surface area contributed by atoms with Gasteiger partial charge in [-0.05, 0) is 18.4 Å². The molecule has 0 aliphatic heterocycles. The lowest BCUT2D eigenvalue weighted by molar-refractivity contribution is 0.794. The van der Waals surface area contributed by atoms with Crippen LogP contribution in [0.5, 0.6) is 0 Å². The van der Waals surface area contributed by atoms with Gasteiger partial charge in [-0.3, -0.25) is 5.41 Å². The smallest absolute Gasteiger partial charge is 0.128 e. The summed E-state index contributed by atoms with van der Waals surface area (Å²) in [4.78, 5) is 0. The Balaban J connectivity index is 2.84. The third-order valence-electron chi connectivity index (χ3n) is 2.05. The molecule has 0 unspecified atom stereocenters. The third-order valence-corrected chi connectivity index (χ3v) is 2.26. The van der Waals surface area contributed by atoms with Crippen molar-refractivity contribution < 1.29 is 0 Å². The van der Waals surface area contributed by atoms with Crippen LogP contribution in [0.15, 0.2) is 24.3 Å². The quantitative estimate of drug-likeness (QED) is 0.710. The van der Waals surface area contributed by atoms with E-state index in [2.05, 4.69) is 6.92 Å². The number of hydrogen-bond acceptors (Lipinski definition) is 1. The van der Waals surface area contributed by atoms with Gasteiger partial charge >= 0.3 is 0 Å². The maximum atomic E-state index is 7.38. The van der Waals surface area contributed by atoms with Gasteiger partial charge in [0.1, 0.15) is 5.17 Å². The average molecular weight is 196 g/mol. The van der Waals surface area contributed by atoms with Gasteiger partial charge in [0.25, 0.3) is 0 Å². The van der Waals surface area contributed by atoms with Crippen LogP contribution >= 0.6 is 11.6 Å². The van der Waals surface area contributed by atoms with E-state index in [0.717, 1.165) is 18.4 Å². The van der Waals surface area contributed by atoms with Crippen LogP contribution in [-0.4, -0.2) is 5.17 Å². The van der Waals surface area contributed by atoms with Crippen LogP contribution in [0, 0.1) is 5.41 Å². The van der Waals surface area contributed by atoms with Gasteiger partial charge in [0, 0.05) is 5.56 Å². The van der Waals surface area contributed by atoms with E-state index in [1.165, 1.54) is 12.0 Å². The lowest BCUT2D eigenvalue weighted by Gasteiger charge is -2.05. The minimum absolute atomic E-state index is 0.145. The van der Waals surface area contributed by atoms with Crippen LogP contribution in [0.4, 0.5) is 0 Å². The van der Waals surface area contributed by atoms with Crippen molar-refractivity contribution in [2.24, 2.45) is 0 Å². The highest BCUT2D eigenvalue weighted by molar-refractivity contribution is 6.68. The zero-order valence-electron chi connectivity index (χ0n) is 7.81. The summed E-state index contributed by atoms with van der Waals surface area (Å²) in [7, 11) is 0. The largest absolute Gasteiger partial charge is 0.289 e. The Bertz CT molecular complexity index is 294. The van der Waals surface area contributed by atoms with E-state index in [4.69, 9.17) is 17.0 Å². The summed E-state index contributed by atoms with van der Waals surface area (Å²) in [5.41, 5.74) is 2.06. The van der Waals surface area contributed by atoms with Crippen molar-refractivity contribution in [1.29, 1.82) is 5.41 Å². The molecular formula is C11H14ClN. The molecule has 0 spiro atoms. The van der Waals surface area contributed by atoms with Gasteiger partial charge in [-0.2, -0.15) is 0 Å². The van der Waals surface area contributed by atoms with E-state index in [9.17, 15) is 0 Å². The molecule has 0 bridgehead atoms. The predicted octanol–water partition coefficient (Wildman–Crippen LogP) is 3.59. The van der Waals surface area contributed by atoms with Gasteiger partial charge in [-0.1, -0.05) is 49.2 Å². The number of rotatable bonds is 4. The molecule has 2 heteroatoms. The fourth-order valence-corrected chi connectivity index (χ4v) is 1.50. The molecule has 1 rings (SSSR count). The monoisotopic (exact) mass is 195 g/mol. The Morgan fingerprint density at radius 1 is 1.38 bits per heavy atom. The Morgan fingerprint density at radius 3 is 2.69 bits per heavy atom. The van der Waals surface area contributed by atoms with Crippen molar-refractivity contribution in [2.75, 3.05) is 0 Å². The minimum Gasteiger partial charge on any atom is -0.289 e. The van der Waals surface area contributed by atoms with Gasteiger partial charge in [0.05, 0.1) is 0 Å². The topological polar surface area (TPSA) is 23.9 Å². The number of halogens is 1. The summed E-state index contributed by atoms with van der Waals surface area (Å²) in [6.45, 7) is 2.16. The SMILES string of the molecule is CCCCc1ccccc1C(=N)Cl. The molecular weight excluding hydrogens is 182 g/mol. The first-order chi connectivity index (χ1) is 6.25.